The molecule has 0 aliphatic carbocycles. The molecule has 2 aromatic rings. The highest BCUT2D eigenvalue weighted by Gasteiger charge is 2.22. The fraction of sp³-hybridized carbons (Fsp3) is 0.500. The molecule has 1 aromatic carbocycles. The summed E-state index contributed by atoms with van der Waals surface area (Å²) in [5.74, 6) is 1.82. The van der Waals surface area contributed by atoms with Gasteiger partial charge in [0.2, 0.25) is 0 Å². The van der Waals surface area contributed by atoms with Crippen LogP contribution in [0.15, 0.2) is 41.5 Å². The highest BCUT2D eigenvalue weighted by molar-refractivity contribution is 5.79. The summed E-state index contributed by atoms with van der Waals surface area (Å²) in [6.45, 7) is 14.5. The Bertz CT molecular complexity index is 839. The third-order valence-electron chi connectivity index (χ3n) is 5.26. The zero-order valence-electron chi connectivity index (χ0n) is 18.9. The molecule has 2 heterocycles. The monoisotopic (exact) mass is 409 g/mol. The molecule has 3 rings (SSSR count). The molecule has 1 aliphatic heterocycles. The molecular formula is C24H35N5O. The van der Waals surface area contributed by atoms with Crippen molar-refractivity contribution in [3.63, 3.8) is 0 Å². The van der Waals surface area contributed by atoms with E-state index in [4.69, 9.17) is 9.73 Å². The second-order valence-electron chi connectivity index (χ2n) is 8.17. The lowest BCUT2D eigenvalue weighted by Gasteiger charge is -2.36. The molecule has 1 aromatic heterocycles. The van der Waals surface area contributed by atoms with Gasteiger partial charge in [0.05, 0.1) is 18.8 Å². The Hall–Kier alpha value is -2.60. The van der Waals surface area contributed by atoms with E-state index in [9.17, 15) is 0 Å². The van der Waals surface area contributed by atoms with Crippen molar-refractivity contribution < 1.29 is 4.74 Å². The third-order valence-corrected chi connectivity index (χ3v) is 5.26. The van der Waals surface area contributed by atoms with Gasteiger partial charge in [-0.2, -0.15) is 0 Å². The van der Waals surface area contributed by atoms with E-state index in [-0.39, 0.29) is 12.2 Å². The smallest absolute Gasteiger partial charge is 0.191 e. The molecule has 6 heteroatoms. The number of nitrogens with one attached hydrogen (secondary N) is 2. The van der Waals surface area contributed by atoms with Gasteiger partial charge < -0.3 is 20.3 Å². The average Bonchev–Trinajstić information content (AvgIpc) is 2.71. The standard InChI is InChI=1S/C24H35N5O/c1-6-25-24(28-14-22-9-7-17(2)11-18(22)3)27-13-21-8-10-23(26-12-21)29-15-19(4)30-20(5)16-29/h7-12,19-20H,6,13-16H2,1-5H3,(H2,25,27,28). The van der Waals surface area contributed by atoms with Crippen LogP contribution in [0.2, 0.25) is 0 Å². The summed E-state index contributed by atoms with van der Waals surface area (Å²) < 4.78 is 5.82. The second kappa shape index (κ2) is 10.4. The van der Waals surface area contributed by atoms with Gasteiger partial charge in [-0.1, -0.05) is 29.8 Å². The van der Waals surface area contributed by atoms with Gasteiger partial charge in [-0.25, -0.2) is 9.98 Å². The lowest BCUT2D eigenvalue weighted by molar-refractivity contribution is -0.00545. The largest absolute Gasteiger partial charge is 0.372 e. The minimum absolute atomic E-state index is 0.228. The minimum atomic E-state index is 0.228. The van der Waals surface area contributed by atoms with Crippen molar-refractivity contribution in [1.29, 1.82) is 0 Å². The Morgan fingerprint density at radius 2 is 1.90 bits per heavy atom. The summed E-state index contributed by atoms with van der Waals surface area (Å²) in [7, 11) is 0. The average molecular weight is 410 g/mol. The number of ether oxygens (including phenoxy) is 1. The van der Waals surface area contributed by atoms with Crippen molar-refractivity contribution >= 4 is 11.8 Å². The molecule has 2 unspecified atom stereocenters. The quantitative estimate of drug-likeness (QED) is 0.564. The molecule has 0 spiro atoms. The molecule has 1 saturated heterocycles. The van der Waals surface area contributed by atoms with E-state index < -0.39 is 0 Å². The van der Waals surface area contributed by atoms with Crippen LogP contribution < -0.4 is 15.5 Å². The molecule has 30 heavy (non-hydrogen) atoms. The fourth-order valence-electron chi connectivity index (χ4n) is 3.80. The molecule has 1 aliphatic rings. The maximum Gasteiger partial charge on any atom is 0.191 e. The van der Waals surface area contributed by atoms with Gasteiger partial charge in [0.25, 0.3) is 0 Å². The number of hydrogen-bond donors (Lipinski definition) is 2. The molecule has 1 fully saturated rings. The first-order valence-electron chi connectivity index (χ1n) is 10.9. The predicted molar refractivity (Wildman–Crippen MR) is 124 cm³/mol. The van der Waals surface area contributed by atoms with Crippen LogP contribution in [0.5, 0.6) is 0 Å². The topological polar surface area (TPSA) is 61.8 Å². The summed E-state index contributed by atoms with van der Waals surface area (Å²) in [5, 5.41) is 6.76. The number of pyridine rings is 1. The zero-order chi connectivity index (χ0) is 21.5. The van der Waals surface area contributed by atoms with Crippen molar-refractivity contribution in [2.75, 3.05) is 24.5 Å². The highest BCUT2D eigenvalue weighted by atomic mass is 16.5. The van der Waals surface area contributed by atoms with Crippen LogP contribution in [-0.2, 0) is 17.8 Å². The Balaban J connectivity index is 1.60. The van der Waals surface area contributed by atoms with Gasteiger partial charge in [0, 0.05) is 32.4 Å². The van der Waals surface area contributed by atoms with E-state index in [0.29, 0.717) is 6.54 Å². The maximum atomic E-state index is 5.82. The summed E-state index contributed by atoms with van der Waals surface area (Å²) in [6, 6.07) is 10.7. The van der Waals surface area contributed by atoms with E-state index in [0.717, 1.165) is 43.5 Å². The summed E-state index contributed by atoms with van der Waals surface area (Å²) in [5.41, 5.74) is 4.96. The van der Waals surface area contributed by atoms with Crippen LogP contribution in [0.25, 0.3) is 0 Å². The first-order chi connectivity index (χ1) is 14.4. The Morgan fingerprint density at radius 1 is 1.13 bits per heavy atom. The second-order valence-corrected chi connectivity index (χ2v) is 8.17. The number of rotatable bonds is 6. The molecule has 0 radical (unpaired) electrons. The van der Waals surface area contributed by atoms with E-state index in [1.165, 1.54) is 16.7 Å². The molecule has 6 nitrogen and oxygen atoms in total. The molecule has 0 bridgehead atoms. The fourth-order valence-corrected chi connectivity index (χ4v) is 3.80. The number of guanidine groups is 1. The van der Waals surface area contributed by atoms with Gasteiger partial charge in [-0.3, -0.25) is 0 Å². The van der Waals surface area contributed by atoms with Crippen molar-refractivity contribution in [3.05, 3.63) is 58.8 Å². The van der Waals surface area contributed by atoms with Crippen molar-refractivity contribution in [3.8, 4) is 0 Å². The van der Waals surface area contributed by atoms with Crippen LogP contribution in [0.4, 0.5) is 5.82 Å². The Morgan fingerprint density at radius 3 is 2.53 bits per heavy atom. The van der Waals surface area contributed by atoms with Gasteiger partial charge in [-0.05, 0) is 57.4 Å². The zero-order valence-corrected chi connectivity index (χ0v) is 18.9. The first-order valence-corrected chi connectivity index (χ1v) is 10.9. The van der Waals surface area contributed by atoms with E-state index in [1.54, 1.807) is 0 Å². The Labute approximate surface area is 180 Å². The lowest BCUT2D eigenvalue weighted by Crippen LogP contribution is -2.45. The lowest BCUT2D eigenvalue weighted by atomic mass is 10.1. The SMILES string of the molecule is CCNC(=NCc1ccc(N2CC(C)OC(C)C2)nc1)NCc1ccc(C)cc1C. The van der Waals surface area contributed by atoms with E-state index in [2.05, 4.69) is 85.5 Å². The van der Waals surface area contributed by atoms with Crippen LogP contribution in [0.1, 0.15) is 43.0 Å². The van der Waals surface area contributed by atoms with Gasteiger partial charge in [0.15, 0.2) is 5.96 Å². The molecule has 0 saturated carbocycles. The normalized spacial score (nSPS) is 19.6. The summed E-state index contributed by atoms with van der Waals surface area (Å²) in [4.78, 5) is 11.7. The molecular weight excluding hydrogens is 374 g/mol. The number of aliphatic imine (C=N–C) groups is 1. The number of anilines is 1. The third kappa shape index (κ3) is 6.20. The van der Waals surface area contributed by atoms with Crippen LogP contribution in [0.3, 0.4) is 0 Å². The van der Waals surface area contributed by atoms with Gasteiger partial charge in [-0.15, -0.1) is 0 Å². The summed E-state index contributed by atoms with van der Waals surface area (Å²) in [6.07, 6.45) is 2.38. The molecule has 0 amide bonds. The summed E-state index contributed by atoms with van der Waals surface area (Å²) >= 11 is 0. The van der Waals surface area contributed by atoms with Crippen LogP contribution >= 0.6 is 0 Å². The number of hydrogen-bond acceptors (Lipinski definition) is 4. The first kappa shape index (κ1) is 22.1. The minimum Gasteiger partial charge on any atom is -0.372 e. The van der Waals surface area contributed by atoms with Gasteiger partial charge in [0.1, 0.15) is 5.82 Å². The van der Waals surface area contributed by atoms with E-state index >= 15 is 0 Å². The van der Waals surface area contributed by atoms with Crippen molar-refractivity contribution in [1.82, 2.24) is 15.6 Å². The van der Waals surface area contributed by atoms with Crippen molar-refractivity contribution in [2.24, 2.45) is 4.99 Å². The van der Waals surface area contributed by atoms with Crippen molar-refractivity contribution in [2.45, 2.75) is 59.9 Å². The number of morpholine rings is 1. The maximum absolute atomic E-state index is 5.82. The highest BCUT2D eigenvalue weighted by Crippen LogP contribution is 2.18. The number of benzene rings is 1. The molecule has 2 N–H and O–H groups in total. The predicted octanol–water partition coefficient (Wildman–Crippen LogP) is 3.57. The Kier molecular flexibility index (Phi) is 7.69. The van der Waals surface area contributed by atoms with Crippen LogP contribution in [-0.4, -0.2) is 42.8 Å². The number of aromatic nitrogens is 1. The van der Waals surface area contributed by atoms with Crippen LogP contribution in [0, 0.1) is 13.8 Å². The number of nitrogens with zero attached hydrogens (tertiary/aromatic N) is 3. The van der Waals surface area contributed by atoms with Gasteiger partial charge >= 0.3 is 0 Å². The molecule has 2 atom stereocenters. The van der Waals surface area contributed by atoms with E-state index in [1.807, 2.05) is 6.20 Å². The molecule has 162 valence electrons. The number of aryl methyl sites for hydroxylation is 2.